The molecular weight excluding hydrogens is 167 g/mol. The van der Waals surface area contributed by atoms with Crippen molar-refractivity contribution in [2.75, 3.05) is 18.5 Å². The summed E-state index contributed by atoms with van der Waals surface area (Å²) < 4.78 is 12.9. The van der Waals surface area contributed by atoms with Crippen LogP contribution >= 0.6 is 0 Å². The highest BCUT2D eigenvalue weighted by Crippen LogP contribution is 2.31. The molecule has 1 aromatic carbocycles. The van der Waals surface area contributed by atoms with Gasteiger partial charge in [-0.2, -0.15) is 0 Å². The van der Waals surface area contributed by atoms with E-state index < -0.39 is 0 Å². The number of anilines is 1. The van der Waals surface area contributed by atoms with Crippen LogP contribution in [0, 0.1) is 5.82 Å². The minimum Gasteiger partial charge on any atom is -0.367 e. The fourth-order valence-corrected chi connectivity index (χ4v) is 1.57. The molecule has 0 N–H and O–H groups in total. The number of benzene rings is 1. The smallest absolute Gasteiger partial charge is 0.125 e. The highest BCUT2D eigenvalue weighted by molar-refractivity contribution is 5.94. The topological polar surface area (TPSA) is 15.6 Å². The summed E-state index contributed by atoms with van der Waals surface area (Å²) >= 11 is 0. The molecule has 0 aliphatic carbocycles. The summed E-state index contributed by atoms with van der Waals surface area (Å²) in [4.78, 5) is 6.35. The second-order valence-corrected chi connectivity index (χ2v) is 3.34. The first-order chi connectivity index (χ1) is 6.16. The van der Waals surface area contributed by atoms with Crippen molar-refractivity contribution >= 4 is 17.1 Å². The van der Waals surface area contributed by atoms with Crippen LogP contribution in [0.15, 0.2) is 23.2 Å². The largest absolute Gasteiger partial charge is 0.367 e. The lowest BCUT2D eigenvalue weighted by Gasteiger charge is -2.25. The molecule has 0 bridgehead atoms. The van der Waals surface area contributed by atoms with Crippen LogP contribution in [0.3, 0.4) is 0 Å². The molecule has 0 fully saturated rings. The van der Waals surface area contributed by atoms with E-state index in [1.54, 1.807) is 6.07 Å². The SMILES string of the molecule is CC1=Nc2ccc(F)cc2N(C)C1. The van der Waals surface area contributed by atoms with Gasteiger partial charge in [0.2, 0.25) is 0 Å². The highest BCUT2D eigenvalue weighted by atomic mass is 19.1. The first-order valence-electron chi connectivity index (χ1n) is 4.21. The van der Waals surface area contributed by atoms with Gasteiger partial charge in [0, 0.05) is 12.8 Å². The Balaban J connectivity index is 2.56. The average molecular weight is 178 g/mol. The lowest BCUT2D eigenvalue weighted by molar-refractivity contribution is 0.627. The maximum absolute atomic E-state index is 12.9. The number of hydrogen-bond donors (Lipinski definition) is 0. The molecule has 2 rings (SSSR count). The van der Waals surface area contributed by atoms with Gasteiger partial charge in [-0.1, -0.05) is 0 Å². The predicted molar refractivity (Wildman–Crippen MR) is 52.4 cm³/mol. The van der Waals surface area contributed by atoms with E-state index in [0.29, 0.717) is 0 Å². The van der Waals surface area contributed by atoms with E-state index in [0.717, 1.165) is 23.6 Å². The molecule has 0 aromatic heterocycles. The summed E-state index contributed by atoms with van der Waals surface area (Å²) in [6.07, 6.45) is 0. The first kappa shape index (κ1) is 8.23. The third kappa shape index (κ3) is 1.41. The molecule has 1 aliphatic heterocycles. The van der Waals surface area contributed by atoms with Crippen molar-refractivity contribution in [3.63, 3.8) is 0 Å². The van der Waals surface area contributed by atoms with Crippen molar-refractivity contribution in [3.05, 3.63) is 24.0 Å². The van der Waals surface area contributed by atoms with Gasteiger partial charge < -0.3 is 4.90 Å². The molecule has 68 valence electrons. The van der Waals surface area contributed by atoms with Crippen molar-refractivity contribution in [1.29, 1.82) is 0 Å². The quantitative estimate of drug-likeness (QED) is 0.595. The van der Waals surface area contributed by atoms with Crippen LogP contribution in [0.1, 0.15) is 6.92 Å². The van der Waals surface area contributed by atoms with Gasteiger partial charge in [0.05, 0.1) is 17.9 Å². The van der Waals surface area contributed by atoms with E-state index in [4.69, 9.17) is 0 Å². The van der Waals surface area contributed by atoms with Gasteiger partial charge in [0.25, 0.3) is 0 Å². The summed E-state index contributed by atoms with van der Waals surface area (Å²) in [7, 11) is 1.94. The van der Waals surface area contributed by atoms with Crippen molar-refractivity contribution in [1.82, 2.24) is 0 Å². The maximum Gasteiger partial charge on any atom is 0.125 e. The van der Waals surface area contributed by atoms with Crippen LogP contribution in [0.4, 0.5) is 15.8 Å². The number of fused-ring (bicyclic) bond motifs is 1. The number of halogens is 1. The standard InChI is InChI=1S/C10H11FN2/c1-7-6-13(2)10-5-8(11)3-4-9(10)12-7/h3-5H,6H2,1-2H3. The Labute approximate surface area is 76.7 Å². The van der Waals surface area contributed by atoms with Crippen LogP contribution in [0.2, 0.25) is 0 Å². The molecule has 0 amide bonds. The van der Waals surface area contributed by atoms with Crippen molar-refractivity contribution in [3.8, 4) is 0 Å². The summed E-state index contributed by atoms with van der Waals surface area (Å²) in [5, 5.41) is 0. The summed E-state index contributed by atoms with van der Waals surface area (Å²) in [5.41, 5.74) is 2.78. The van der Waals surface area contributed by atoms with E-state index >= 15 is 0 Å². The lowest BCUT2D eigenvalue weighted by Crippen LogP contribution is -2.26. The molecule has 1 heterocycles. The van der Waals surface area contributed by atoms with Crippen LogP contribution in [-0.4, -0.2) is 19.3 Å². The zero-order chi connectivity index (χ0) is 9.42. The molecule has 0 radical (unpaired) electrons. The van der Waals surface area contributed by atoms with E-state index in [-0.39, 0.29) is 5.82 Å². The van der Waals surface area contributed by atoms with Crippen molar-refractivity contribution in [2.24, 2.45) is 4.99 Å². The van der Waals surface area contributed by atoms with Gasteiger partial charge in [-0.15, -0.1) is 0 Å². The Kier molecular flexibility index (Phi) is 1.79. The van der Waals surface area contributed by atoms with E-state index in [1.165, 1.54) is 12.1 Å². The van der Waals surface area contributed by atoms with Crippen LogP contribution < -0.4 is 4.90 Å². The Bertz CT molecular complexity index is 371. The summed E-state index contributed by atoms with van der Waals surface area (Å²) in [5.74, 6) is -0.208. The van der Waals surface area contributed by atoms with Crippen LogP contribution in [-0.2, 0) is 0 Å². The molecule has 0 atom stereocenters. The predicted octanol–water partition coefficient (Wildman–Crippen LogP) is 2.37. The monoisotopic (exact) mass is 178 g/mol. The summed E-state index contributed by atoms with van der Waals surface area (Å²) in [6, 6.07) is 4.67. The van der Waals surface area contributed by atoms with E-state index in [9.17, 15) is 4.39 Å². The highest BCUT2D eigenvalue weighted by Gasteiger charge is 2.13. The van der Waals surface area contributed by atoms with Crippen molar-refractivity contribution < 1.29 is 4.39 Å². The molecule has 0 spiro atoms. The average Bonchev–Trinajstić information content (AvgIpc) is 2.06. The van der Waals surface area contributed by atoms with Gasteiger partial charge in [-0.3, -0.25) is 4.99 Å². The molecule has 0 unspecified atom stereocenters. The Morgan fingerprint density at radius 3 is 3.00 bits per heavy atom. The lowest BCUT2D eigenvalue weighted by atomic mass is 10.2. The summed E-state index contributed by atoms with van der Waals surface area (Å²) in [6.45, 7) is 2.75. The van der Waals surface area contributed by atoms with E-state index in [1.807, 2.05) is 18.9 Å². The number of rotatable bonds is 0. The Morgan fingerprint density at radius 2 is 2.23 bits per heavy atom. The van der Waals surface area contributed by atoms with Crippen LogP contribution in [0.25, 0.3) is 0 Å². The molecule has 0 saturated heterocycles. The molecule has 1 aromatic rings. The van der Waals surface area contributed by atoms with Crippen molar-refractivity contribution in [2.45, 2.75) is 6.92 Å². The minimum absolute atomic E-state index is 0.208. The number of hydrogen-bond acceptors (Lipinski definition) is 2. The zero-order valence-corrected chi connectivity index (χ0v) is 7.71. The van der Waals surface area contributed by atoms with Crippen LogP contribution in [0.5, 0.6) is 0 Å². The molecular formula is C10H11FN2. The molecule has 2 nitrogen and oxygen atoms in total. The fraction of sp³-hybridized carbons (Fsp3) is 0.300. The zero-order valence-electron chi connectivity index (χ0n) is 7.71. The van der Waals surface area contributed by atoms with Gasteiger partial charge in [0.15, 0.2) is 0 Å². The maximum atomic E-state index is 12.9. The van der Waals surface area contributed by atoms with Gasteiger partial charge in [0.1, 0.15) is 5.82 Å². The third-order valence-electron chi connectivity index (χ3n) is 2.13. The second-order valence-electron chi connectivity index (χ2n) is 3.34. The first-order valence-corrected chi connectivity index (χ1v) is 4.21. The third-order valence-corrected chi connectivity index (χ3v) is 2.13. The Morgan fingerprint density at radius 1 is 1.46 bits per heavy atom. The van der Waals surface area contributed by atoms with E-state index in [2.05, 4.69) is 4.99 Å². The molecule has 1 aliphatic rings. The molecule has 0 saturated carbocycles. The normalized spacial score (nSPS) is 15.3. The second kappa shape index (κ2) is 2.83. The van der Waals surface area contributed by atoms with Gasteiger partial charge >= 0.3 is 0 Å². The number of aliphatic imine (C=N–C) groups is 1. The van der Waals surface area contributed by atoms with Gasteiger partial charge in [-0.25, -0.2) is 4.39 Å². The fourth-order valence-electron chi connectivity index (χ4n) is 1.57. The molecule has 3 heteroatoms. The minimum atomic E-state index is -0.208. The van der Waals surface area contributed by atoms with Gasteiger partial charge in [-0.05, 0) is 25.1 Å². The number of nitrogens with zero attached hydrogens (tertiary/aromatic N) is 2. The molecule has 13 heavy (non-hydrogen) atoms. The Hall–Kier alpha value is -1.38.